The van der Waals surface area contributed by atoms with Crippen molar-refractivity contribution in [2.24, 2.45) is 0 Å². The average Bonchev–Trinajstić information content (AvgIpc) is 3.03. The maximum atomic E-state index is 12.6. The number of ether oxygens (including phenoxy) is 1. The van der Waals surface area contributed by atoms with E-state index in [0.717, 1.165) is 28.1 Å². The molecule has 3 aromatic rings. The molecule has 0 aliphatic carbocycles. The first-order chi connectivity index (χ1) is 13.2. The molecule has 1 aliphatic rings. The second kappa shape index (κ2) is 7.25. The summed E-state index contributed by atoms with van der Waals surface area (Å²) < 4.78 is 5.19. The van der Waals surface area contributed by atoms with Crippen LogP contribution in [-0.4, -0.2) is 24.2 Å². The summed E-state index contributed by atoms with van der Waals surface area (Å²) in [6.07, 6.45) is -0.596. The van der Waals surface area contributed by atoms with Crippen molar-refractivity contribution in [3.8, 4) is 16.9 Å². The van der Waals surface area contributed by atoms with Gasteiger partial charge < -0.3 is 14.7 Å². The van der Waals surface area contributed by atoms with Crippen molar-refractivity contribution in [2.75, 3.05) is 12.0 Å². The summed E-state index contributed by atoms with van der Waals surface area (Å²) >= 11 is 0. The van der Waals surface area contributed by atoms with Crippen molar-refractivity contribution in [2.45, 2.75) is 18.6 Å². The SMILES string of the molecule is COc1ccc(N2C(=O)C(O)CC2c2ccc(-c3ccccc3)cc2)cc1. The van der Waals surface area contributed by atoms with E-state index in [2.05, 4.69) is 24.3 Å². The molecule has 4 rings (SSSR count). The predicted molar refractivity (Wildman–Crippen MR) is 106 cm³/mol. The number of carbonyl (C=O) groups is 1. The molecule has 0 saturated carbocycles. The van der Waals surface area contributed by atoms with Gasteiger partial charge in [-0.25, -0.2) is 0 Å². The van der Waals surface area contributed by atoms with Crippen LogP contribution in [0.3, 0.4) is 0 Å². The highest BCUT2D eigenvalue weighted by Gasteiger charge is 2.40. The zero-order chi connectivity index (χ0) is 18.8. The molecule has 1 aliphatic heterocycles. The van der Waals surface area contributed by atoms with Gasteiger partial charge in [0, 0.05) is 12.1 Å². The highest BCUT2D eigenvalue weighted by Crippen LogP contribution is 2.38. The number of nitrogens with zero attached hydrogens (tertiary/aromatic N) is 1. The summed E-state index contributed by atoms with van der Waals surface area (Å²) in [7, 11) is 1.61. The molecule has 2 atom stereocenters. The minimum Gasteiger partial charge on any atom is -0.497 e. The molecular weight excluding hydrogens is 338 g/mol. The number of rotatable bonds is 4. The quantitative estimate of drug-likeness (QED) is 0.759. The van der Waals surface area contributed by atoms with Gasteiger partial charge in [0.15, 0.2) is 0 Å². The lowest BCUT2D eigenvalue weighted by Crippen LogP contribution is -2.30. The van der Waals surface area contributed by atoms with Crippen LogP contribution >= 0.6 is 0 Å². The molecule has 3 aromatic carbocycles. The second-order valence-corrected chi connectivity index (χ2v) is 6.66. The maximum absolute atomic E-state index is 12.6. The number of hydrogen-bond donors (Lipinski definition) is 1. The predicted octanol–water partition coefficient (Wildman–Crippen LogP) is 4.20. The normalized spacial score (nSPS) is 19.3. The molecule has 136 valence electrons. The average molecular weight is 359 g/mol. The van der Waals surface area contributed by atoms with Gasteiger partial charge >= 0.3 is 0 Å². The van der Waals surface area contributed by atoms with E-state index < -0.39 is 6.10 Å². The van der Waals surface area contributed by atoms with Crippen molar-refractivity contribution in [3.63, 3.8) is 0 Å². The molecule has 1 saturated heterocycles. The van der Waals surface area contributed by atoms with Gasteiger partial charge in [-0.2, -0.15) is 0 Å². The number of aliphatic hydroxyl groups excluding tert-OH is 1. The van der Waals surface area contributed by atoms with Crippen LogP contribution in [0.2, 0.25) is 0 Å². The Kier molecular flexibility index (Phi) is 4.65. The molecule has 4 heteroatoms. The molecule has 0 bridgehead atoms. The fraction of sp³-hybridized carbons (Fsp3) is 0.174. The third-order valence-corrected chi connectivity index (χ3v) is 5.03. The van der Waals surface area contributed by atoms with Crippen molar-refractivity contribution in [1.82, 2.24) is 0 Å². The topological polar surface area (TPSA) is 49.8 Å². The van der Waals surface area contributed by atoms with E-state index in [1.165, 1.54) is 0 Å². The summed E-state index contributed by atoms with van der Waals surface area (Å²) in [6, 6.07) is 25.5. The summed E-state index contributed by atoms with van der Waals surface area (Å²) in [4.78, 5) is 14.3. The zero-order valence-corrected chi connectivity index (χ0v) is 15.1. The summed E-state index contributed by atoms with van der Waals surface area (Å²) in [6.45, 7) is 0. The molecule has 1 heterocycles. The van der Waals surface area contributed by atoms with Gasteiger partial charge in [0.05, 0.1) is 13.2 Å². The Morgan fingerprint density at radius 3 is 2.15 bits per heavy atom. The number of carbonyl (C=O) groups excluding carboxylic acids is 1. The molecule has 1 amide bonds. The largest absolute Gasteiger partial charge is 0.497 e. The number of hydrogen-bond acceptors (Lipinski definition) is 3. The van der Waals surface area contributed by atoms with E-state index in [1.54, 1.807) is 12.0 Å². The monoisotopic (exact) mass is 359 g/mol. The summed E-state index contributed by atoms with van der Waals surface area (Å²) in [5, 5.41) is 10.2. The Morgan fingerprint density at radius 2 is 1.52 bits per heavy atom. The Balaban J connectivity index is 1.65. The van der Waals surface area contributed by atoms with Gasteiger partial charge in [-0.15, -0.1) is 0 Å². The Labute approximate surface area is 158 Å². The van der Waals surface area contributed by atoms with Crippen LogP contribution in [0.5, 0.6) is 5.75 Å². The van der Waals surface area contributed by atoms with E-state index in [1.807, 2.05) is 54.6 Å². The van der Waals surface area contributed by atoms with Gasteiger partial charge in [0.2, 0.25) is 0 Å². The van der Waals surface area contributed by atoms with Crippen LogP contribution in [0.4, 0.5) is 5.69 Å². The van der Waals surface area contributed by atoms with Gasteiger partial charge in [0.25, 0.3) is 5.91 Å². The fourth-order valence-electron chi connectivity index (χ4n) is 3.60. The van der Waals surface area contributed by atoms with Crippen LogP contribution < -0.4 is 9.64 Å². The van der Waals surface area contributed by atoms with Crippen molar-refractivity contribution >= 4 is 11.6 Å². The Hall–Kier alpha value is -3.11. The van der Waals surface area contributed by atoms with E-state index in [0.29, 0.717) is 6.42 Å². The number of aliphatic hydroxyl groups is 1. The zero-order valence-electron chi connectivity index (χ0n) is 15.1. The number of anilines is 1. The molecule has 0 aromatic heterocycles. The molecular formula is C23H21NO3. The van der Waals surface area contributed by atoms with Crippen LogP contribution in [-0.2, 0) is 4.79 Å². The molecule has 1 N–H and O–H groups in total. The number of benzene rings is 3. The number of amides is 1. The lowest BCUT2D eigenvalue weighted by molar-refractivity contribution is -0.124. The summed E-state index contributed by atoms with van der Waals surface area (Å²) in [5.74, 6) is 0.465. The van der Waals surface area contributed by atoms with Crippen molar-refractivity contribution in [1.29, 1.82) is 0 Å². The Morgan fingerprint density at radius 1 is 0.889 bits per heavy atom. The number of methoxy groups -OCH3 is 1. The van der Waals surface area contributed by atoms with Gasteiger partial charge in [-0.3, -0.25) is 4.79 Å². The molecule has 2 unspecified atom stereocenters. The first kappa shape index (κ1) is 17.3. The lowest BCUT2D eigenvalue weighted by Gasteiger charge is -2.25. The highest BCUT2D eigenvalue weighted by atomic mass is 16.5. The lowest BCUT2D eigenvalue weighted by atomic mass is 9.99. The van der Waals surface area contributed by atoms with Crippen molar-refractivity contribution in [3.05, 3.63) is 84.4 Å². The van der Waals surface area contributed by atoms with E-state index in [-0.39, 0.29) is 11.9 Å². The van der Waals surface area contributed by atoms with Crippen LogP contribution in [0.25, 0.3) is 11.1 Å². The minimum absolute atomic E-state index is 0.189. The fourth-order valence-corrected chi connectivity index (χ4v) is 3.60. The molecule has 0 spiro atoms. The third-order valence-electron chi connectivity index (χ3n) is 5.03. The Bertz CT molecular complexity index is 920. The standard InChI is InChI=1S/C23H21NO3/c1-27-20-13-11-19(12-14-20)24-21(15-22(25)23(24)26)18-9-7-17(8-10-18)16-5-3-2-4-6-16/h2-14,21-22,25H,15H2,1H3. The second-order valence-electron chi connectivity index (χ2n) is 6.66. The van der Waals surface area contributed by atoms with Crippen LogP contribution in [0.15, 0.2) is 78.9 Å². The maximum Gasteiger partial charge on any atom is 0.256 e. The first-order valence-corrected chi connectivity index (χ1v) is 8.98. The molecule has 27 heavy (non-hydrogen) atoms. The van der Waals surface area contributed by atoms with Gasteiger partial charge in [-0.05, 0) is 41.0 Å². The molecule has 4 nitrogen and oxygen atoms in total. The first-order valence-electron chi connectivity index (χ1n) is 8.98. The van der Waals surface area contributed by atoms with E-state index in [9.17, 15) is 9.90 Å². The molecule has 0 radical (unpaired) electrons. The van der Waals surface area contributed by atoms with Gasteiger partial charge in [0.1, 0.15) is 11.9 Å². The van der Waals surface area contributed by atoms with E-state index in [4.69, 9.17) is 4.74 Å². The van der Waals surface area contributed by atoms with E-state index >= 15 is 0 Å². The van der Waals surface area contributed by atoms with Crippen molar-refractivity contribution < 1.29 is 14.6 Å². The van der Waals surface area contributed by atoms with Crippen LogP contribution in [0, 0.1) is 0 Å². The molecule has 1 fully saturated rings. The smallest absolute Gasteiger partial charge is 0.256 e. The minimum atomic E-state index is -0.981. The third kappa shape index (κ3) is 3.32. The van der Waals surface area contributed by atoms with Crippen LogP contribution in [0.1, 0.15) is 18.0 Å². The highest BCUT2D eigenvalue weighted by molar-refractivity contribution is 5.99. The summed E-state index contributed by atoms with van der Waals surface area (Å²) in [5.41, 5.74) is 4.05. The van der Waals surface area contributed by atoms with Gasteiger partial charge in [-0.1, -0.05) is 54.6 Å².